The Bertz CT molecular complexity index is 322. The minimum atomic E-state index is 0.506. The van der Waals surface area contributed by atoms with Crippen molar-refractivity contribution in [3.05, 3.63) is 47.0 Å². The van der Waals surface area contributed by atoms with Gasteiger partial charge in [0.05, 0.1) is 0 Å². The quantitative estimate of drug-likeness (QED) is 0.747. The van der Waals surface area contributed by atoms with E-state index in [0.717, 1.165) is 23.9 Å². The average Bonchev–Trinajstić information content (AvgIpc) is 2.26. The Kier molecular flexibility index (Phi) is 6.43. The van der Waals surface area contributed by atoms with E-state index >= 15 is 0 Å². The van der Waals surface area contributed by atoms with Gasteiger partial charge in [-0.15, -0.1) is 6.58 Å². The molecular weight excluding hydrogens is 262 g/mol. The SMILES string of the molecule is C=CCC(Cc1cccc(Br)c1)NCCC. The Morgan fingerprint density at radius 3 is 2.94 bits per heavy atom. The topological polar surface area (TPSA) is 12.0 Å². The van der Waals surface area contributed by atoms with Crippen molar-refractivity contribution < 1.29 is 0 Å². The zero-order chi connectivity index (χ0) is 11.8. The van der Waals surface area contributed by atoms with E-state index in [2.05, 4.69) is 59.0 Å². The third-order valence-electron chi connectivity index (χ3n) is 2.51. The summed E-state index contributed by atoms with van der Waals surface area (Å²) in [7, 11) is 0. The van der Waals surface area contributed by atoms with Gasteiger partial charge in [0.2, 0.25) is 0 Å². The van der Waals surface area contributed by atoms with Crippen LogP contribution in [0, 0.1) is 0 Å². The molecule has 2 heteroatoms. The first kappa shape index (κ1) is 13.5. The lowest BCUT2D eigenvalue weighted by atomic mass is 10.0. The van der Waals surface area contributed by atoms with Crippen molar-refractivity contribution in [3.63, 3.8) is 0 Å². The smallest absolute Gasteiger partial charge is 0.0178 e. The third kappa shape index (κ3) is 4.95. The molecule has 0 aromatic heterocycles. The van der Waals surface area contributed by atoms with E-state index in [9.17, 15) is 0 Å². The summed E-state index contributed by atoms with van der Waals surface area (Å²) in [6.45, 7) is 7.09. The van der Waals surface area contributed by atoms with E-state index < -0.39 is 0 Å². The Hall–Kier alpha value is -0.600. The van der Waals surface area contributed by atoms with E-state index in [1.54, 1.807) is 0 Å². The summed E-state index contributed by atoms with van der Waals surface area (Å²) in [4.78, 5) is 0. The van der Waals surface area contributed by atoms with Gasteiger partial charge >= 0.3 is 0 Å². The first-order chi connectivity index (χ1) is 7.76. The fraction of sp³-hybridized carbons (Fsp3) is 0.429. The van der Waals surface area contributed by atoms with Crippen LogP contribution in [-0.2, 0) is 6.42 Å². The monoisotopic (exact) mass is 281 g/mol. The highest BCUT2D eigenvalue weighted by Crippen LogP contribution is 2.14. The van der Waals surface area contributed by atoms with Crippen LogP contribution in [0.1, 0.15) is 25.3 Å². The Labute approximate surface area is 107 Å². The highest BCUT2D eigenvalue weighted by atomic mass is 79.9. The van der Waals surface area contributed by atoms with Crippen LogP contribution in [0.5, 0.6) is 0 Å². The Morgan fingerprint density at radius 2 is 2.31 bits per heavy atom. The van der Waals surface area contributed by atoms with Crippen molar-refractivity contribution >= 4 is 15.9 Å². The maximum atomic E-state index is 3.82. The number of rotatable bonds is 7. The largest absolute Gasteiger partial charge is 0.313 e. The van der Waals surface area contributed by atoms with Crippen LogP contribution >= 0.6 is 15.9 Å². The van der Waals surface area contributed by atoms with Crippen LogP contribution in [0.15, 0.2) is 41.4 Å². The average molecular weight is 282 g/mol. The first-order valence-electron chi connectivity index (χ1n) is 5.85. The van der Waals surface area contributed by atoms with Gasteiger partial charge in [-0.05, 0) is 43.5 Å². The van der Waals surface area contributed by atoms with E-state index in [1.165, 1.54) is 12.0 Å². The number of hydrogen-bond acceptors (Lipinski definition) is 1. The maximum Gasteiger partial charge on any atom is 0.0178 e. The van der Waals surface area contributed by atoms with E-state index in [4.69, 9.17) is 0 Å². The van der Waals surface area contributed by atoms with Gasteiger partial charge in [-0.3, -0.25) is 0 Å². The van der Waals surface area contributed by atoms with Crippen LogP contribution in [0.2, 0.25) is 0 Å². The minimum Gasteiger partial charge on any atom is -0.313 e. The Balaban J connectivity index is 2.56. The van der Waals surface area contributed by atoms with Gasteiger partial charge in [-0.2, -0.15) is 0 Å². The lowest BCUT2D eigenvalue weighted by molar-refractivity contribution is 0.512. The second kappa shape index (κ2) is 7.64. The summed E-state index contributed by atoms with van der Waals surface area (Å²) in [6, 6.07) is 9.01. The molecule has 0 aliphatic heterocycles. The molecule has 0 bridgehead atoms. The van der Waals surface area contributed by atoms with Crippen LogP contribution in [0.3, 0.4) is 0 Å². The summed E-state index contributed by atoms with van der Waals surface area (Å²) in [6.07, 6.45) is 5.25. The second-order valence-electron chi connectivity index (χ2n) is 4.01. The molecule has 1 aromatic carbocycles. The van der Waals surface area contributed by atoms with Gasteiger partial charge in [0.25, 0.3) is 0 Å². The lowest BCUT2D eigenvalue weighted by Gasteiger charge is -2.16. The molecule has 1 atom stereocenters. The molecule has 1 nitrogen and oxygen atoms in total. The normalized spacial score (nSPS) is 12.4. The van der Waals surface area contributed by atoms with Crippen molar-refractivity contribution in [2.45, 2.75) is 32.2 Å². The van der Waals surface area contributed by atoms with E-state index in [0.29, 0.717) is 6.04 Å². The fourth-order valence-corrected chi connectivity index (χ4v) is 2.18. The summed E-state index contributed by atoms with van der Waals surface area (Å²) in [5.74, 6) is 0. The summed E-state index contributed by atoms with van der Waals surface area (Å²) >= 11 is 3.50. The van der Waals surface area contributed by atoms with Crippen molar-refractivity contribution in [1.29, 1.82) is 0 Å². The number of nitrogens with one attached hydrogen (secondary N) is 1. The van der Waals surface area contributed by atoms with Gasteiger partial charge in [0, 0.05) is 10.5 Å². The lowest BCUT2D eigenvalue weighted by Crippen LogP contribution is -2.31. The molecular formula is C14H20BrN. The molecule has 0 saturated carbocycles. The van der Waals surface area contributed by atoms with Crippen LogP contribution < -0.4 is 5.32 Å². The number of halogens is 1. The summed E-state index contributed by atoms with van der Waals surface area (Å²) < 4.78 is 1.15. The van der Waals surface area contributed by atoms with Crippen LogP contribution in [0.4, 0.5) is 0 Å². The van der Waals surface area contributed by atoms with Gasteiger partial charge in [0.1, 0.15) is 0 Å². The molecule has 0 spiro atoms. The molecule has 1 aromatic rings. The second-order valence-corrected chi connectivity index (χ2v) is 4.93. The highest BCUT2D eigenvalue weighted by molar-refractivity contribution is 9.10. The standard InChI is InChI=1S/C14H20BrN/c1-3-6-14(16-9-4-2)11-12-7-5-8-13(15)10-12/h3,5,7-8,10,14,16H,1,4,6,9,11H2,2H3. The molecule has 0 amide bonds. The summed E-state index contributed by atoms with van der Waals surface area (Å²) in [5, 5.41) is 3.55. The number of benzene rings is 1. The van der Waals surface area contributed by atoms with Gasteiger partial charge in [0.15, 0.2) is 0 Å². The molecule has 1 unspecified atom stereocenters. The maximum absolute atomic E-state index is 3.82. The molecule has 0 radical (unpaired) electrons. The molecule has 0 heterocycles. The van der Waals surface area contributed by atoms with Gasteiger partial charge in [-0.25, -0.2) is 0 Å². The minimum absolute atomic E-state index is 0.506. The predicted octanol–water partition coefficient (Wildman–Crippen LogP) is 3.94. The number of hydrogen-bond donors (Lipinski definition) is 1. The predicted molar refractivity (Wildman–Crippen MR) is 74.7 cm³/mol. The van der Waals surface area contributed by atoms with Crippen molar-refractivity contribution in [3.8, 4) is 0 Å². The summed E-state index contributed by atoms with van der Waals surface area (Å²) in [5.41, 5.74) is 1.37. The van der Waals surface area contributed by atoms with E-state index in [-0.39, 0.29) is 0 Å². The molecule has 1 rings (SSSR count). The van der Waals surface area contributed by atoms with Crippen LogP contribution in [0.25, 0.3) is 0 Å². The zero-order valence-electron chi connectivity index (χ0n) is 9.88. The zero-order valence-corrected chi connectivity index (χ0v) is 11.5. The van der Waals surface area contributed by atoms with Gasteiger partial charge < -0.3 is 5.32 Å². The molecule has 1 N–H and O–H groups in total. The molecule has 0 aliphatic rings. The van der Waals surface area contributed by atoms with Crippen LogP contribution in [-0.4, -0.2) is 12.6 Å². The van der Waals surface area contributed by atoms with Crippen molar-refractivity contribution in [1.82, 2.24) is 5.32 Å². The molecule has 16 heavy (non-hydrogen) atoms. The first-order valence-corrected chi connectivity index (χ1v) is 6.64. The highest BCUT2D eigenvalue weighted by Gasteiger charge is 2.06. The van der Waals surface area contributed by atoms with Crippen molar-refractivity contribution in [2.24, 2.45) is 0 Å². The molecule has 0 aliphatic carbocycles. The van der Waals surface area contributed by atoms with Crippen molar-refractivity contribution in [2.75, 3.05) is 6.54 Å². The molecule has 0 saturated heterocycles. The molecule has 0 fully saturated rings. The molecule has 88 valence electrons. The van der Waals surface area contributed by atoms with E-state index in [1.807, 2.05) is 6.08 Å². The fourth-order valence-electron chi connectivity index (χ4n) is 1.74. The third-order valence-corrected chi connectivity index (χ3v) is 3.00. The van der Waals surface area contributed by atoms with Gasteiger partial charge in [-0.1, -0.05) is 41.1 Å². The Morgan fingerprint density at radius 1 is 1.50 bits per heavy atom.